The molecule has 0 aliphatic heterocycles. The molecule has 0 N–H and O–H groups in total. The van der Waals surface area contributed by atoms with Gasteiger partial charge >= 0.3 is 0 Å². The highest BCUT2D eigenvalue weighted by atomic mass is 15.1. The molecule has 0 amide bonds. The van der Waals surface area contributed by atoms with Crippen molar-refractivity contribution in [2.75, 3.05) is 4.90 Å². The van der Waals surface area contributed by atoms with E-state index >= 15 is 0 Å². The quantitative estimate of drug-likeness (QED) is 0.144. The van der Waals surface area contributed by atoms with Gasteiger partial charge in [0.2, 0.25) is 0 Å². The van der Waals surface area contributed by atoms with Gasteiger partial charge in [-0.05, 0) is 129 Å². The van der Waals surface area contributed by atoms with Crippen LogP contribution in [0.5, 0.6) is 0 Å². The van der Waals surface area contributed by atoms with Gasteiger partial charge in [-0.25, -0.2) is 0 Å². The molecule has 0 heterocycles. The summed E-state index contributed by atoms with van der Waals surface area (Å²) in [7, 11) is 0. The average Bonchev–Trinajstić information content (AvgIpc) is 3.64. The van der Waals surface area contributed by atoms with Crippen LogP contribution < -0.4 is 4.90 Å². The van der Waals surface area contributed by atoms with Crippen molar-refractivity contribution in [3.63, 3.8) is 0 Å². The number of fused-ring (bicyclic) bond motifs is 10. The predicted octanol–water partition coefficient (Wildman–Crippen LogP) is 18.7. The van der Waals surface area contributed by atoms with Gasteiger partial charge in [0.15, 0.2) is 0 Å². The largest absolute Gasteiger partial charge is 0.309 e. The van der Waals surface area contributed by atoms with Crippen LogP contribution in [0.1, 0.15) is 25.0 Å². The van der Waals surface area contributed by atoms with E-state index in [4.69, 9.17) is 0 Å². The second-order valence-electron chi connectivity index (χ2n) is 18.8. The van der Waals surface area contributed by atoms with Crippen molar-refractivity contribution < 1.29 is 0 Å². The second kappa shape index (κ2) is 15.8. The Bertz CT molecular complexity index is 3900. The summed E-state index contributed by atoms with van der Waals surface area (Å²) in [5, 5.41) is 9.91. The first-order valence-corrected chi connectivity index (χ1v) is 23.8. The van der Waals surface area contributed by atoms with E-state index < -0.39 is 0 Å². The van der Waals surface area contributed by atoms with Gasteiger partial charge in [0.05, 0.1) is 5.69 Å². The van der Waals surface area contributed by atoms with E-state index in [-0.39, 0.29) is 5.41 Å². The highest BCUT2D eigenvalue weighted by Gasteiger charge is 2.36. The zero-order valence-electron chi connectivity index (χ0n) is 38.1. The molecule has 0 aromatic heterocycles. The lowest BCUT2D eigenvalue weighted by Gasteiger charge is -2.32. The van der Waals surface area contributed by atoms with E-state index in [2.05, 4.69) is 267 Å². The van der Waals surface area contributed by atoms with Gasteiger partial charge in [-0.15, -0.1) is 0 Å². The molecule has 1 heteroatoms. The first kappa shape index (κ1) is 39.8. The molecule has 0 saturated carbocycles. The smallest absolute Gasteiger partial charge is 0.0624 e. The SMILES string of the molecule is CC1(C)c2ccccc2-c2ccc(N(c3ccc(-c4ccccc4)c(-c4ccccc4)c3)c3c(-c4cccc(-c5cccc6ccccc56)c4)ccc4c5ccccc5c5ccccc5c34)cc21. The molecule has 0 unspecified atom stereocenters. The molecule has 1 aliphatic carbocycles. The third-order valence-corrected chi connectivity index (χ3v) is 14.6. The summed E-state index contributed by atoms with van der Waals surface area (Å²) >= 11 is 0. The van der Waals surface area contributed by atoms with Gasteiger partial charge in [0, 0.05) is 27.7 Å². The number of hydrogen-bond donors (Lipinski definition) is 0. The lowest BCUT2D eigenvalue weighted by Crippen LogP contribution is -2.17. The Kier molecular flexibility index (Phi) is 9.27. The van der Waals surface area contributed by atoms with E-state index in [1.165, 1.54) is 98.7 Å². The van der Waals surface area contributed by atoms with E-state index in [0.717, 1.165) is 28.2 Å². The predicted molar refractivity (Wildman–Crippen MR) is 290 cm³/mol. The maximum absolute atomic E-state index is 2.59. The summed E-state index contributed by atoms with van der Waals surface area (Å²) in [5.41, 5.74) is 18.0. The fourth-order valence-electron chi connectivity index (χ4n) is 11.4. The first-order valence-electron chi connectivity index (χ1n) is 23.8. The molecular formula is C67H47N. The number of hydrogen-bond acceptors (Lipinski definition) is 1. The molecule has 0 atom stereocenters. The van der Waals surface area contributed by atoms with Crippen LogP contribution in [0.25, 0.3) is 98.7 Å². The minimum atomic E-state index is -0.197. The highest BCUT2D eigenvalue weighted by molar-refractivity contribution is 6.30. The van der Waals surface area contributed by atoms with Crippen LogP contribution >= 0.6 is 0 Å². The summed E-state index contributed by atoms with van der Waals surface area (Å²) in [6.07, 6.45) is 0. The van der Waals surface area contributed by atoms with E-state index in [1.54, 1.807) is 0 Å². The number of rotatable bonds is 7. The van der Waals surface area contributed by atoms with E-state index in [0.29, 0.717) is 0 Å². The Morgan fingerprint density at radius 2 is 0.750 bits per heavy atom. The van der Waals surface area contributed by atoms with Gasteiger partial charge in [0.1, 0.15) is 0 Å². The van der Waals surface area contributed by atoms with Crippen molar-refractivity contribution in [1.82, 2.24) is 0 Å². The Morgan fingerprint density at radius 3 is 1.49 bits per heavy atom. The van der Waals surface area contributed by atoms with Crippen LogP contribution in [-0.2, 0) is 5.41 Å². The van der Waals surface area contributed by atoms with Crippen molar-refractivity contribution in [3.8, 4) is 55.6 Å². The fourth-order valence-corrected chi connectivity index (χ4v) is 11.4. The monoisotopic (exact) mass is 865 g/mol. The summed E-state index contributed by atoms with van der Waals surface area (Å²) in [4.78, 5) is 2.59. The van der Waals surface area contributed by atoms with Gasteiger partial charge < -0.3 is 4.90 Å². The van der Waals surface area contributed by atoms with E-state index in [9.17, 15) is 0 Å². The first-order chi connectivity index (χ1) is 33.5. The normalized spacial score (nSPS) is 12.7. The Hall–Kier alpha value is -8.52. The second-order valence-corrected chi connectivity index (χ2v) is 18.8. The topological polar surface area (TPSA) is 3.24 Å². The standard InChI is InChI=1S/C67H47N/c1-67(2)63-34-16-15-31-58(63)59-38-36-50(43-64(59)67)68(49-35-37-53(44-19-5-3-6-20-44)62(42-49)46-21-7-4-8-22-46)66-54(48-26-17-25-47(41-48)52-33-18-24-45-23-9-10-27-51(45)52)39-40-61-57-30-12-11-28-55(57)56-29-13-14-32-60(56)65(61)66/h3-43H,1-2H3. The Labute approximate surface area is 397 Å². The van der Waals surface area contributed by atoms with Gasteiger partial charge in [0.25, 0.3) is 0 Å². The van der Waals surface area contributed by atoms with Crippen LogP contribution in [0.15, 0.2) is 249 Å². The number of anilines is 3. The van der Waals surface area contributed by atoms with Crippen molar-refractivity contribution >= 4 is 60.2 Å². The molecule has 13 rings (SSSR count). The minimum Gasteiger partial charge on any atom is -0.309 e. The zero-order chi connectivity index (χ0) is 45.3. The maximum Gasteiger partial charge on any atom is 0.0624 e. The van der Waals surface area contributed by atoms with Crippen LogP contribution in [-0.4, -0.2) is 0 Å². The molecule has 0 radical (unpaired) electrons. The third-order valence-electron chi connectivity index (χ3n) is 14.6. The summed E-state index contributed by atoms with van der Waals surface area (Å²) in [6, 6.07) is 92.3. The van der Waals surface area contributed by atoms with Crippen molar-refractivity contribution in [3.05, 3.63) is 260 Å². The Morgan fingerprint density at radius 1 is 0.279 bits per heavy atom. The lowest BCUT2D eigenvalue weighted by atomic mass is 9.82. The van der Waals surface area contributed by atoms with Crippen LogP contribution in [0.4, 0.5) is 17.1 Å². The summed E-state index contributed by atoms with van der Waals surface area (Å²) in [5.74, 6) is 0. The van der Waals surface area contributed by atoms with Gasteiger partial charge in [-0.2, -0.15) is 0 Å². The van der Waals surface area contributed by atoms with Crippen LogP contribution in [0, 0.1) is 0 Å². The molecule has 1 aliphatic rings. The molecule has 0 saturated heterocycles. The van der Waals surface area contributed by atoms with Gasteiger partial charge in [-0.3, -0.25) is 0 Å². The Balaban J connectivity index is 1.17. The van der Waals surface area contributed by atoms with Crippen molar-refractivity contribution in [2.45, 2.75) is 19.3 Å². The third kappa shape index (κ3) is 6.31. The summed E-state index contributed by atoms with van der Waals surface area (Å²) in [6.45, 7) is 4.77. The van der Waals surface area contributed by atoms with Crippen LogP contribution in [0.2, 0.25) is 0 Å². The van der Waals surface area contributed by atoms with Gasteiger partial charge in [-0.1, -0.05) is 232 Å². The highest BCUT2D eigenvalue weighted by Crippen LogP contribution is 2.54. The lowest BCUT2D eigenvalue weighted by molar-refractivity contribution is 0.660. The molecule has 68 heavy (non-hydrogen) atoms. The van der Waals surface area contributed by atoms with Crippen LogP contribution in [0.3, 0.4) is 0 Å². The molecule has 12 aromatic carbocycles. The molecule has 12 aromatic rings. The molecular weight excluding hydrogens is 819 g/mol. The molecule has 0 fully saturated rings. The minimum absolute atomic E-state index is 0.197. The maximum atomic E-state index is 2.59. The zero-order valence-corrected chi connectivity index (χ0v) is 38.1. The summed E-state index contributed by atoms with van der Waals surface area (Å²) < 4.78 is 0. The van der Waals surface area contributed by atoms with E-state index in [1.807, 2.05) is 0 Å². The molecule has 320 valence electrons. The van der Waals surface area contributed by atoms with Crippen molar-refractivity contribution in [1.29, 1.82) is 0 Å². The molecule has 1 nitrogen and oxygen atoms in total. The molecule has 0 spiro atoms. The fraction of sp³-hybridized carbons (Fsp3) is 0.0448. The molecule has 0 bridgehead atoms. The number of nitrogens with zero attached hydrogens (tertiary/aromatic N) is 1. The number of benzene rings is 12. The average molecular weight is 866 g/mol. The van der Waals surface area contributed by atoms with Crippen molar-refractivity contribution in [2.24, 2.45) is 0 Å².